The van der Waals surface area contributed by atoms with Crippen LogP contribution in [0.1, 0.15) is 5.56 Å². The fraction of sp³-hybridized carbons (Fsp3) is 0.200. The Labute approximate surface area is 102 Å². The van der Waals surface area contributed by atoms with E-state index in [4.69, 9.17) is 0 Å². The first-order chi connectivity index (χ1) is 7.92. The minimum absolute atomic E-state index is 0.0461. The van der Waals surface area contributed by atoms with Crippen molar-refractivity contribution < 1.29 is 13.3 Å². The third-order valence-corrected chi connectivity index (χ3v) is 5.20. The van der Waals surface area contributed by atoms with Crippen molar-refractivity contribution >= 4 is 31.3 Å². The molecule has 0 amide bonds. The zero-order valence-corrected chi connectivity index (χ0v) is 10.5. The second-order valence-corrected chi connectivity index (χ2v) is 6.44. The Hall–Kier alpha value is -1.47. The molecule has 0 aliphatic carbocycles. The molecule has 2 aromatic rings. The summed E-state index contributed by atoms with van der Waals surface area (Å²) in [4.78, 5) is 9.58. The van der Waals surface area contributed by atoms with Gasteiger partial charge in [0, 0.05) is 4.92 Å². The summed E-state index contributed by atoms with van der Waals surface area (Å²) < 4.78 is 24.3. The fourth-order valence-corrected chi connectivity index (χ4v) is 4.19. The smallest absolute Gasteiger partial charge is 0.263 e. The minimum atomic E-state index is -3.86. The maximum Gasteiger partial charge on any atom is 0.305 e. The minimum Gasteiger partial charge on any atom is -0.263 e. The van der Waals surface area contributed by atoms with Crippen LogP contribution in [0.2, 0.25) is 0 Å². The number of nitrogens with zero attached hydrogens (tertiary/aromatic N) is 1. The van der Waals surface area contributed by atoms with Gasteiger partial charge in [0.05, 0.1) is 9.60 Å². The standard InChI is InChI=1S/C10H9NO4S2/c1-7-5-16-10-8(7)3-2-4-9(10)17(14,15)6-11(12)13/h2-5H,6H2,1H3. The van der Waals surface area contributed by atoms with Crippen LogP contribution < -0.4 is 0 Å². The van der Waals surface area contributed by atoms with Gasteiger partial charge in [-0.1, -0.05) is 12.1 Å². The quantitative estimate of drug-likeness (QED) is 0.633. The number of benzene rings is 1. The van der Waals surface area contributed by atoms with E-state index in [9.17, 15) is 18.5 Å². The summed E-state index contributed by atoms with van der Waals surface area (Å²) in [5.74, 6) is -1.07. The number of rotatable bonds is 3. The summed E-state index contributed by atoms with van der Waals surface area (Å²) in [6.07, 6.45) is 0. The Morgan fingerprint density at radius 2 is 2.12 bits per heavy atom. The zero-order valence-electron chi connectivity index (χ0n) is 8.91. The molecule has 0 unspecified atom stereocenters. The third-order valence-electron chi connectivity index (χ3n) is 2.37. The van der Waals surface area contributed by atoms with Gasteiger partial charge in [-0.05, 0) is 29.3 Å². The molecule has 1 aromatic carbocycles. The lowest BCUT2D eigenvalue weighted by molar-refractivity contribution is -0.458. The number of nitro groups is 1. The molecule has 90 valence electrons. The highest BCUT2D eigenvalue weighted by molar-refractivity contribution is 7.91. The van der Waals surface area contributed by atoms with Gasteiger partial charge in [-0.15, -0.1) is 11.3 Å². The average molecular weight is 271 g/mol. The Morgan fingerprint density at radius 1 is 1.41 bits per heavy atom. The van der Waals surface area contributed by atoms with Gasteiger partial charge in [0.2, 0.25) is 9.84 Å². The summed E-state index contributed by atoms with van der Waals surface area (Å²) in [5.41, 5.74) is 0.975. The zero-order chi connectivity index (χ0) is 12.6. The lowest BCUT2D eigenvalue weighted by Gasteiger charge is -2.01. The molecule has 0 aliphatic rings. The summed E-state index contributed by atoms with van der Waals surface area (Å²) >= 11 is 1.29. The van der Waals surface area contributed by atoms with E-state index in [0.29, 0.717) is 4.70 Å². The van der Waals surface area contributed by atoms with Crippen LogP contribution in [-0.2, 0) is 9.84 Å². The molecule has 1 heterocycles. The van der Waals surface area contributed by atoms with Crippen LogP contribution in [0.5, 0.6) is 0 Å². The second-order valence-electron chi connectivity index (χ2n) is 3.63. The number of aryl methyl sites for hydroxylation is 1. The van der Waals surface area contributed by atoms with E-state index >= 15 is 0 Å². The van der Waals surface area contributed by atoms with E-state index in [-0.39, 0.29) is 4.90 Å². The highest BCUT2D eigenvalue weighted by atomic mass is 32.2. The van der Waals surface area contributed by atoms with Crippen LogP contribution in [0.4, 0.5) is 0 Å². The van der Waals surface area contributed by atoms with Gasteiger partial charge in [-0.25, -0.2) is 8.42 Å². The van der Waals surface area contributed by atoms with Crippen LogP contribution in [0.3, 0.4) is 0 Å². The van der Waals surface area contributed by atoms with E-state index in [1.54, 1.807) is 6.07 Å². The predicted molar refractivity (Wildman–Crippen MR) is 65.6 cm³/mol. The molecular weight excluding hydrogens is 262 g/mol. The molecule has 0 N–H and O–H groups in total. The van der Waals surface area contributed by atoms with E-state index in [0.717, 1.165) is 10.9 Å². The highest BCUT2D eigenvalue weighted by Crippen LogP contribution is 2.31. The lowest BCUT2D eigenvalue weighted by Crippen LogP contribution is -2.14. The molecule has 0 atom stereocenters. The van der Waals surface area contributed by atoms with Crippen molar-refractivity contribution in [1.82, 2.24) is 0 Å². The molecule has 0 aliphatic heterocycles. The van der Waals surface area contributed by atoms with Crippen LogP contribution >= 0.6 is 11.3 Å². The number of sulfone groups is 1. The first kappa shape index (κ1) is 12.0. The largest absolute Gasteiger partial charge is 0.305 e. The van der Waals surface area contributed by atoms with Crippen molar-refractivity contribution in [3.05, 3.63) is 39.3 Å². The van der Waals surface area contributed by atoms with Gasteiger partial charge in [0.25, 0.3) is 0 Å². The number of hydrogen-bond acceptors (Lipinski definition) is 5. The average Bonchev–Trinajstić information content (AvgIpc) is 2.58. The Kier molecular flexibility index (Phi) is 2.88. The molecule has 1 aromatic heterocycles. The molecule has 0 fully saturated rings. The van der Waals surface area contributed by atoms with E-state index in [1.165, 1.54) is 17.4 Å². The van der Waals surface area contributed by atoms with Gasteiger partial charge >= 0.3 is 5.88 Å². The molecule has 0 radical (unpaired) electrons. The molecule has 0 saturated carbocycles. The van der Waals surface area contributed by atoms with E-state index in [1.807, 2.05) is 18.4 Å². The number of hydrogen-bond donors (Lipinski definition) is 0. The van der Waals surface area contributed by atoms with Crippen LogP contribution in [0.15, 0.2) is 28.5 Å². The summed E-state index contributed by atoms with van der Waals surface area (Å²) in [7, 11) is -3.86. The lowest BCUT2D eigenvalue weighted by atomic mass is 10.2. The molecule has 17 heavy (non-hydrogen) atoms. The van der Waals surface area contributed by atoms with Gasteiger partial charge in [0.15, 0.2) is 0 Å². The fourth-order valence-electron chi connectivity index (χ4n) is 1.61. The van der Waals surface area contributed by atoms with Crippen molar-refractivity contribution in [2.24, 2.45) is 0 Å². The molecule has 2 rings (SSSR count). The van der Waals surface area contributed by atoms with Crippen molar-refractivity contribution in [2.75, 3.05) is 5.88 Å². The summed E-state index contributed by atoms with van der Waals surface area (Å²) in [5, 5.41) is 13.0. The number of fused-ring (bicyclic) bond motifs is 1. The Balaban J connectivity index is 2.67. The molecule has 7 heteroatoms. The van der Waals surface area contributed by atoms with Crippen LogP contribution in [0.25, 0.3) is 10.1 Å². The molecular formula is C10H9NO4S2. The van der Waals surface area contributed by atoms with Crippen molar-refractivity contribution in [3.8, 4) is 0 Å². The van der Waals surface area contributed by atoms with E-state index < -0.39 is 20.6 Å². The maximum atomic E-state index is 11.8. The van der Waals surface area contributed by atoms with Crippen LogP contribution in [-0.4, -0.2) is 19.2 Å². The Bertz CT molecular complexity index is 687. The number of thiophene rings is 1. The molecule has 0 spiro atoms. The van der Waals surface area contributed by atoms with Crippen molar-refractivity contribution in [2.45, 2.75) is 11.8 Å². The molecule has 0 saturated heterocycles. The third kappa shape index (κ3) is 2.16. The van der Waals surface area contributed by atoms with Crippen molar-refractivity contribution in [3.63, 3.8) is 0 Å². The second kappa shape index (κ2) is 4.08. The predicted octanol–water partition coefficient (Wildman–Crippen LogP) is 2.22. The topological polar surface area (TPSA) is 77.3 Å². The van der Waals surface area contributed by atoms with Crippen LogP contribution in [0, 0.1) is 17.0 Å². The summed E-state index contributed by atoms with van der Waals surface area (Å²) in [6.45, 7) is 1.88. The van der Waals surface area contributed by atoms with Gasteiger partial charge in [0.1, 0.15) is 0 Å². The SMILES string of the molecule is Cc1csc2c(S(=O)(=O)C[N+](=O)[O-])cccc12. The van der Waals surface area contributed by atoms with Crippen molar-refractivity contribution in [1.29, 1.82) is 0 Å². The monoisotopic (exact) mass is 271 g/mol. The Morgan fingerprint density at radius 3 is 2.76 bits per heavy atom. The molecule has 0 bridgehead atoms. The van der Waals surface area contributed by atoms with Gasteiger partial charge < -0.3 is 0 Å². The maximum absolute atomic E-state index is 11.8. The van der Waals surface area contributed by atoms with Gasteiger partial charge in [-0.2, -0.15) is 0 Å². The normalized spacial score (nSPS) is 11.8. The first-order valence-corrected chi connectivity index (χ1v) is 7.26. The summed E-state index contributed by atoms with van der Waals surface area (Å²) in [6, 6.07) is 4.83. The highest BCUT2D eigenvalue weighted by Gasteiger charge is 2.24. The molecule has 5 nitrogen and oxygen atoms in total. The van der Waals surface area contributed by atoms with Gasteiger partial charge in [-0.3, -0.25) is 10.1 Å². The van der Waals surface area contributed by atoms with E-state index in [2.05, 4.69) is 0 Å². The first-order valence-electron chi connectivity index (χ1n) is 4.73.